The number of fused-ring (bicyclic) bond motifs is 2. The van der Waals surface area contributed by atoms with Crippen molar-refractivity contribution in [3.63, 3.8) is 0 Å². The number of carbonyl (C=O) groups is 3. The van der Waals surface area contributed by atoms with Gasteiger partial charge in [-0.15, -0.1) is 0 Å². The van der Waals surface area contributed by atoms with Crippen LogP contribution in [0.5, 0.6) is 11.5 Å². The van der Waals surface area contributed by atoms with Gasteiger partial charge in [-0.05, 0) is 48.4 Å². The molecular weight excluding hydrogens is 630 g/mol. The highest BCUT2D eigenvalue weighted by atomic mass is 79.9. The number of β-lactam (4-membered cyclic amide) rings is 1. The van der Waals surface area contributed by atoms with E-state index in [2.05, 4.69) is 15.9 Å². The lowest BCUT2D eigenvalue weighted by Crippen LogP contribution is -2.67. The molecule has 2 unspecified atom stereocenters. The Morgan fingerprint density at radius 2 is 1.41 bits per heavy atom. The van der Waals surface area contributed by atoms with Crippen LogP contribution in [0.25, 0.3) is 0 Å². The van der Waals surface area contributed by atoms with Crippen LogP contribution < -0.4 is 14.4 Å². The summed E-state index contributed by atoms with van der Waals surface area (Å²) < 4.78 is 11.8. The second kappa shape index (κ2) is 8.78. The Morgan fingerprint density at radius 3 is 2.03 bits per heavy atom. The zero-order chi connectivity index (χ0) is 26.3. The quantitative estimate of drug-likeness (QED) is 0.135. The zero-order valence-corrected chi connectivity index (χ0v) is 23.3. The summed E-state index contributed by atoms with van der Waals surface area (Å²) in [4.78, 5) is 43.3. The van der Waals surface area contributed by atoms with Crippen molar-refractivity contribution in [1.29, 1.82) is 0 Å². The summed E-state index contributed by atoms with van der Waals surface area (Å²) >= 11 is 28.4. The fourth-order valence-electron chi connectivity index (χ4n) is 4.84. The largest absolute Gasteiger partial charge is 0.454 e. The fourth-order valence-corrected chi connectivity index (χ4v) is 6.10. The molecule has 7 nitrogen and oxygen atoms in total. The lowest BCUT2D eigenvalue weighted by Gasteiger charge is -2.49. The van der Waals surface area contributed by atoms with Crippen molar-refractivity contribution in [1.82, 2.24) is 4.90 Å². The number of halogens is 5. The van der Waals surface area contributed by atoms with Gasteiger partial charge in [-0.3, -0.25) is 19.3 Å². The molecule has 0 radical (unpaired) electrons. The van der Waals surface area contributed by atoms with Crippen LogP contribution in [0.2, 0.25) is 20.1 Å². The average molecular weight is 643 g/mol. The van der Waals surface area contributed by atoms with Crippen LogP contribution >= 0.6 is 62.3 Å². The van der Waals surface area contributed by atoms with Crippen molar-refractivity contribution in [2.45, 2.75) is 19.0 Å². The van der Waals surface area contributed by atoms with Crippen LogP contribution in [0.1, 0.15) is 37.9 Å². The SMILES string of the molecule is Cc1cc(N2C(=O)C(N3C(=O)c4c(Cl)c(Cl)c(Cl)c(Cl)c4C3=O)C2c2ccc3c(c2)OCO3)ccc1Br. The third-order valence-electron chi connectivity index (χ3n) is 6.64. The van der Waals surface area contributed by atoms with Gasteiger partial charge < -0.3 is 14.4 Å². The molecule has 3 aromatic carbocycles. The van der Waals surface area contributed by atoms with E-state index in [4.69, 9.17) is 55.9 Å². The van der Waals surface area contributed by atoms with Gasteiger partial charge in [-0.2, -0.15) is 0 Å². The van der Waals surface area contributed by atoms with Gasteiger partial charge in [-0.1, -0.05) is 68.4 Å². The third-order valence-corrected chi connectivity index (χ3v) is 9.33. The first kappa shape index (κ1) is 24.8. The molecule has 3 aliphatic heterocycles. The molecule has 0 spiro atoms. The molecular formula is C25H13BrCl4N2O5. The fraction of sp³-hybridized carbons (Fsp3) is 0.160. The number of hydrogen-bond donors (Lipinski definition) is 0. The Hall–Kier alpha value is -2.49. The molecule has 3 amide bonds. The summed E-state index contributed by atoms with van der Waals surface area (Å²) in [5.74, 6) is -0.958. The molecule has 1 saturated heterocycles. The van der Waals surface area contributed by atoms with Crippen molar-refractivity contribution in [3.05, 3.63) is 83.2 Å². The maximum Gasteiger partial charge on any atom is 0.264 e. The van der Waals surface area contributed by atoms with E-state index >= 15 is 0 Å². The molecule has 188 valence electrons. The van der Waals surface area contributed by atoms with Crippen LogP contribution in [0.3, 0.4) is 0 Å². The van der Waals surface area contributed by atoms with Crippen LogP contribution in [-0.2, 0) is 4.79 Å². The highest BCUT2D eigenvalue weighted by Gasteiger charge is 2.58. The molecule has 0 bridgehead atoms. The minimum Gasteiger partial charge on any atom is -0.454 e. The molecule has 2 atom stereocenters. The van der Waals surface area contributed by atoms with Crippen LogP contribution in [0.15, 0.2) is 40.9 Å². The van der Waals surface area contributed by atoms with E-state index in [1.807, 2.05) is 19.1 Å². The molecule has 0 N–H and O–H groups in total. The molecule has 3 heterocycles. The van der Waals surface area contributed by atoms with Crippen LogP contribution in [-0.4, -0.2) is 35.5 Å². The Labute approximate surface area is 238 Å². The number of imide groups is 1. The lowest BCUT2D eigenvalue weighted by atomic mass is 9.86. The second-order valence-corrected chi connectivity index (χ2v) is 11.0. The van der Waals surface area contributed by atoms with E-state index in [1.54, 1.807) is 24.3 Å². The number of rotatable bonds is 3. The van der Waals surface area contributed by atoms with Crippen molar-refractivity contribution >= 4 is 85.7 Å². The van der Waals surface area contributed by atoms with Gasteiger partial charge in [0.1, 0.15) is 6.04 Å². The molecule has 0 saturated carbocycles. The predicted octanol–water partition coefficient (Wildman–Crippen LogP) is 6.85. The summed E-state index contributed by atoms with van der Waals surface area (Å²) in [7, 11) is 0. The number of anilines is 1. The Morgan fingerprint density at radius 1 is 0.784 bits per heavy atom. The van der Waals surface area contributed by atoms with E-state index in [0.29, 0.717) is 22.7 Å². The first-order chi connectivity index (χ1) is 17.6. The lowest BCUT2D eigenvalue weighted by molar-refractivity contribution is -0.130. The van der Waals surface area contributed by atoms with Gasteiger partial charge in [0.25, 0.3) is 17.7 Å². The van der Waals surface area contributed by atoms with E-state index in [-0.39, 0.29) is 38.0 Å². The van der Waals surface area contributed by atoms with E-state index in [9.17, 15) is 14.4 Å². The first-order valence-corrected chi connectivity index (χ1v) is 13.1. The minimum absolute atomic E-state index is 0.0678. The number of nitrogens with zero attached hydrogens (tertiary/aromatic N) is 2. The van der Waals surface area contributed by atoms with Crippen LogP contribution in [0, 0.1) is 6.92 Å². The molecule has 0 aliphatic carbocycles. The van der Waals surface area contributed by atoms with E-state index < -0.39 is 29.8 Å². The summed E-state index contributed by atoms with van der Waals surface area (Å²) in [5.41, 5.74) is 1.78. The van der Waals surface area contributed by atoms with Gasteiger partial charge >= 0.3 is 0 Å². The summed E-state index contributed by atoms with van der Waals surface area (Å²) in [5, 5.41) is -0.680. The monoisotopic (exact) mass is 640 g/mol. The highest BCUT2D eigenvalue weighted by Crippen LogP contribution is 2.50. The van der Waals surface area contributed by atoms with Crippen molar-refractivity contribution in [3.8, 4) is 11.5 Å². The van der Waals surface area contributed by atoms with Crippen molar-refractivity contribution in [2.75, 3.05) is 11.7 Å². The average Bonchev–Trinajstić information content (AvgIpc) is 3.44. The Balaban J connectivity index is 1.48. The highest BCUT2D eigenvalue weighted by molar-refractivity contribution is 9.10. The second-order valence-electron chi connectivity index (χ2n) is 8.63. The smallest absolute Gasteiger partial charge is 0.264 e. The summed E-state index contributed by atoms with van der Waals surface area (Å²) in [6.45, 7) is 1.96. The van der Waals surface area contributed by atoms with Gasteiger partial charge in [0.05, 0.1) is 37.3 Å². The molecule has 12 heteroatoms. The standard InChI is InChI=1S/C25H13BrCl4N2O5/c1-9-6-11(3-4-12(9)26)31-21(10-2-5-13-14(7-10)37-8-36-13)22(25(31)35)32-23(33)15-16(24(32)34)18(28)20(30)19(29)17(15)27/h2-7,21-22H,8H2,1H3. The van der Waals surface area contributed by atoms with E-state index in [0.717, 1.165) is 14.9 Å². The number of aryl methyl sites for hydroxylation is 1. The first-order valence-electron chi connectivity index (χ1n) is 10.8. The Bertz CT molecular complexity index is 1530. The minimum atomic E-state index is -1.18. The topological polar surface area (TPSA) is 76.2 Å². The molecule has 3 aliphatic rings. The maximum absolute atomic E-state index is 13.7. The van der Waals surface area contributed by atoms with E-state index in [1.165, 1.54) is 4.90 Å². The molecule has 6 rings (SSSR count). The van der Waals surface area contributed by atoms with Crippen LogP contribution in [0.4, 0.5) is 5.69 Å². The Kier molecular flexibility index (Phi) is 5.89. The zero-order valence-electron chi connectivity index (χ0n) is 18.7. The number of amides is 3. The number of carbonyl (C=O) groups excluding carboxylic acids is 3. The van der Waals surface area contributed by atoms with Gasteiger partial charge in [0, 0.05) is 10.2 Å². The number of benzene rings is 3. The maximum atomic E-state index is 13.7. The molecule has 1 fully saturated rings. The third kappa shape index (κ3) is 3.50. The van der Waals surface area contributed by atoms with Crippen molar-refractivity contribution < 1.29 is 23.9 Å². The molecule has 37 heavy (non-hydrogen) atoms. The van der Waals surface area contributed by atoms with Crippen molar-refractivity contribution in [2.24, 2.45) is 0 Å². The van der Waals surface area contributed by atoms with Gasteiger partial charge in [-0.25, -0.2) is 0 Å². The predicted molar refractivity (Wildman–Crippen MR) is 142 cm³/mol. The number of ether oxygens (including phenoxy) is 2. The molecule has 3 aromatic rings. The summed E-state index contributed by atoms with van der Waals surface area (Å²) in [6, 6.07) is 8.76. The van der Waals surface area contributed by atoms with Gasteiger partial charge in [0.15, 0.2) is 11.5 Å². The summed E-state index contributed by atoms with van der Waals surface area (Å²) in [6.07, 6.45) is 0. The normalized spacial score (nSPS) is 20.0. The number of hydrogen-bond acceptors (Lipinski definition) is 5. The van der Waals surface area contributed by atoms with Gasteiger partial charge in [0.2, 0.25) is 6.79 Å². The molecule has 0 aromatic heterocycles.